The van der Waals surface area contributed by atoms with Crippen LogP contribution >= 0.6 is 39.1 Å². The Hall–Kier alpha value is -2.31. The minimum Gasteiger partial charge on any atom is -0.478 e. The standard InChI is InChI=1S/C25H18BrCl2NO3/c26-17-3-1-2-15(10-17)11-23-24(30)19-6-7-22-20(25(19)32-23)13-29(14-31-22)9-8-16-4-5-18(27)12-21(16)28/h1-7,10-12H,8-9,13-14H2/b23-11-. The molecule has 2 heterocycles. The summed E-state index contributed by atoms with van der Waals surface area (Å²) in [6.45, 7) is 1.84. The molecule has 3 aromatic carbocycles. The number of hydrogen-bond donors (Lipinski definition) is 0. The third kappa shape index (κ3) is 4.30. The summed E-state index contributed by atoms with van der Waals surface area (Å²) in [4.78, 5) is 15.1. The smallest absolute Gasteiger partial charge is 0.231 e. The van der Waals surface area contributed by atoms with Gasteiger partial charge in [-0.1, -0.05) is 57.3 Å². The summed E-state index contributed by atoms with van der Waals surface area (Å²) in [7, 11) is 0. The first-order valence-electron chi connectivity index (χ1n) is 10.1. The number of halogens is 3. The van der Waals surface area contributed by atoms with Gasteiger partial charge in [-0.25, -0.2) is 0 Å². The molecule has 2 aliphatic heterocycles. The molecule has 0 fully saturated rings. The van der Waals surface area contributed by atoms with Crippen LogP contribution in [0.2, 0.25) is 10.0 Å². The van der Waals surface area contributed by atoms with Crippen LogP contribution in [0, 0.1) is 0 Å². The van der Waals surface area contributed by atoms with Gasteiger partial charge in [0.05, 0.1) is 11.1 Å². The van der Waals surface area contributed by atoms with Gasteiger partial charge in [0.2, 0.25) is 5.78 Å². The lowest BCUT2D eigenvalue weighted by molar-refractivity contribution is 0.0950. The monoisotopic (exact) mass is 529 g/mol. The SMILES string of the molecule is O=C1/C(=C/c2cccc(Br)c2)Oc2c1ccc1c2CN(CCc2ccc(Cl)cc2Cl)CO1. The topological polar surface area (TPSA) is 38.8 Å². The number of carbonyl (C=O) groups excluding carboxylic acids is 1. The van der Waals surface area contributed by atoms with Gasteiger partial charge >= 0.3 is 0 Å². The number of nitrogens with zero attached hydrogens (tertiary/aromatic N) is 1. The molecule has 5 rings (SSSR count). The average Bonchev–Trinajstić information content (AvgIpc) is 3.09. The maximum Gasteiger partial charge on any atom is 0.231 e. The Morgan fingerprint density at radius 2 is 1.97 bits per heavy atom. The minimum absolute atomic E-state index is 0.118. The summed E-state index contributed by atoms with van der Waals surface area (Å²) in [6.07, 6.45) is 2.53. The van der Waals surface area contributed by atoms with E-state index in [0.29, 0.717) is 40.4 Å². The van der Waals surface area contributed by atoms with Crippen molar-refractivity contribution in [2.75, 3.05) is 13.3 Å². The molecule has 0 spiro atoms. The number of allylic oxidation sites excluding steroid dienone is 1. The highest BCUT2D eigenvalue weighted by Crippen LogP contribution is 2.42. The maximum atomic E-state index is 12.9. The maximum absolute atomic E-state index is 12.9. The van der Waals surface area contributed by atoms with Gasteiger partial charge in [0.15, 0.2) is 5.76 Å². The molecule has 7 heteroatoms. The number of carbonyl (C=O) groups is 1. The second kappa shape index (κ2) is 8.91. The molecule has 4 nitrogen and oxygen atoms in total. The first-order chi connectivity index (χ1) is 15.5. The Morgan fingerprint density at radius 1 is 1.09 bits per heavy atom. The molecule has 0 saturated carbocycles. The Kier molecular flexibility index (Phi) is 5.99. The highest BCUT2D eigenvalue weighted by Gasteiger charge is 2.33. The van der Waals surface area contributed by atoms with Crippen molar-refractivity contribution in [2.45, 2.75) is 13.0 Å². The van der Waals surface area contributed by atoms with Gasteiger partial charge in [0.1, 0.15) is 18.2 Å². The van der Waals surface area contributed by atoms with E-state index in [1.54, 1.807) is 18.2 Å². The zero-order valence-corrected chi connectivity index (χ0v) is 20.0. The molecule has 0 atom stereocenters. The fraction of sp³-hybridized carbons (Fsp3) is 0.160. The first kappa shape index (κ1) is 21.5. The van der Waals surface area contributed by atoms with Crippen LogP contribution < -0.4 is 9.47 Å². The molecule has 162 valence electrons. The lowest BCUT2D eigenvalue weighted by Crippen LogP contribution is -2.33. The van der Waals surface area contributed by atoms with Crippen LogP contribution in [0.1, 0.15) is 27.0 Å². The third-order valence-electron chi connectivity index (χ3n) is 5.54. The van der Waals surface area contributed by atoms with Gasteiger partial charge in [-0.05, 0) is 60.0 Å². The van der Waals surface area contributed by atoms with Gasteiger partial charge in [-0.3, -0.25) is 9.69 Å². The van der Waals surface area contributed by atoms with Crippen LogP contribution in [-0.2, 0) is 13.0 Å². The van der Waals surface area contributed by atoms with Crippen LogP contribution in [0.3, 0.4) is 0 Å². The predicted octanol–water partition coefficient (Wildman–Crippen LogP) is 6.77. The molecule has 0 unspecified atom stereocenters. The van der Waals surface area contributed by atoms with E-state index in [9.17, 15) is 4.79 Å². The van der Waals surface area contributed by atoms with E-state index in [4.69, 9.17) is 32.7 Å². The summed E-state index contributed by atoms with van der Waals surface area (Å²) in [5.74, 6) is 1.54. The summed E-state index contributed by atoms with van der Waals surface area (Å²) >= 11 is 15.8. The van der Waals surface area contributed by atoms with Crippen molar-refractivity contribution in [3.63, 3.8) is 0 Å². The Bertz CT molecular complexity index is 1260. The van der Waals surface area contributed by atoms with E-state index in [0.717, 1.165) is 39.9 Å². The summed E-state index contributed by atoms with van der Waals surface area (Å²) in [5, 5.41) is 1.28. The number of fused-ring (bicyclic) bond motifs is 3. The number of ketones is 1. The van der Waals surface area contributed by atoms with Crippen LogP contribution in [-0.4, -0.2) is 24.0 Å². The van der Waals surface area contributed by atoms with E-state index in [-0.39, 0.29) is 5.78 Å². The molecule has 0 aliphatic carbocycles. The van der Waals surface area contributed by atoms with Crippen LogP contribution in [0.4, 0.5) is 0 Å². The normalized spacial score (nSPS) is 16.5. The molecular formula is C25H18BrCl2NO3. The lowest BCUT2D eigenvalue weighted by Gasteiger charge is -2.29. The number of ether oxygens (including phenoxy) is 2. The van der Waals surface area contributed by atoms with Crippen molar-refractivity contribution in [1.82, 2.24) is 4.90 Å². The molecule has 2 aliphatic rings. The van der Waals surface area contributed by atoms with Crippen LogP contribution in [0.25, 0.3) is 6.08 Å². The molecule has 0 bridgehead atoms. The van der Waals surface area contributed by atoms with E-state index in [2.05, 4.69) is 20.8 Å². The number of rotatable bonds is 4. The largest absolute Gasteiger partial charge is 0.478 e. The van der Waals surface area contributed by atoms with Gasteiger partial charge in [0.25, 0.3) is 0 Å². The zero-order chi connectivity index (χ0) is 22.2. The molecule has 0 amide bonds. The molecule has 0 radical (unpaired) electrons. The van der Waals surface area contributed by atoms with Gasteiger partial charge in [-0.2, -0.15) is 0 Å². The minimum atomic E-state index is -0.118. The van der Waals surface area contributed by atoms with Crippen LogP contribution in [0.15, 0.2) is 64.8 Å². The average molecular weight is 531 g/mol. The van der Waals surface area contributed by atoms with Gasteiger partial charge < -0.3 is 9.47 Å². The highest BCUT2D eigenvalue weighted by molar-refractivity contribution is 9.10. The summed E-state index contributed by atoms with van der Waals surface area (Å²) < 4.78 is 13.0. The molecular weight excluding hydrogens is 513 g/mol. The Morgan fingerprint density at radius 3 is 2.78 bits per heavy atom. The zero-order valence-electron chi connectivity index (χ0n) is 16.9. The van der Waals surface area contributed by atoms with E-state index in [1.165, 1.54) is 0 Å². The molecule has 0 aromatic heterocycles. The van der Waals surface area contributed by atoms with Crippen molar-refractivity contribution in [3.8, 4) is 11.5 Å². The molecule has 3 aromatic rings. The predicted molar refractivity (Wildman–Crippen MR) is 130 cm³/mol. The second-order valence-corrected chi connectivity index (χ2v) is 9.48. The highest BCUT2D eigenvalue weighted by atomic mass is 79.9. The van der Waals surface area contributed by atoms with E-state index >= 15 is 0 Å². The van der Waals surface area contributed by atoms with Crippen molar-refractivity contribution < 1.29 is 14.3 Å². The van der Waals surface area contributed by atoms with Crippen LogP contribution in [0.5, 0.6) is 11.5 Å². The Labute approximate surface area is 204 Å². The fourth-order valence-electron chi connectivity index (χ4n) is 3.90. The van der Waals surface area contributed by atoms with E-state index in [1.807, 2.05) is 42.5 Å². The lowest BCUT2D eigenvalue weighted by atomic mass is 10.0. The second-order valence-electron chi connectivity index (χ2n) is 7.73. The number of benzene rings is 3. The van der Waals surface area contributed by atoms with Gasteiger partial charge in [0, 0.05) is 27.6 Å². The van der Waals surface area contributed by atoms with Crippen molar-refractivity contribution in [1.29, 1.82) is 0 Å². The first-order valence-corrected chi connectivity index (χ1v) is 11.7. The van der Waals surface area contributed by atoms with Crippen molar-refractivity contribution in [2.24, 2.45) is 0 Å². The number of Topliss-reactive ketones (excluding diaryl/α,β-unsaturated/α-hetero) is 1. The Balaban J connectivity index is 1.36. The van der Waals surface area contributed by atoms with Crippen molar-refractivity contribution in [3.05, 3.63) is 97.1 Å². The van der Waals surface area contributed by atoms with Crippen molar-refractivity contribution >= 4 is 51.0 Å². The quantitative estimate of drug-likeness (QED) is 0.349. The molecule has 0 saturated heterocycles. The molecule has 0 N–H and O–H groups in total. The van der Waals surface area contributed by atoms with Gasteiger partial charge in [-0.15, -0.1) is 0 Å². The fourth-order valence-corrected chi connectivity index (χ4v) is 4.82. The summed E-state index contributed by atoms with van der Waals surface area (Å²) in [5.41, 5.74) is 3.38. The molecule has 32 heavy (non-hydrogen) atoms. The third-order valence-corrected chi connectivity index (χ3v) is 6.62. The number of hydrogen-bond acceptors (Lipinski definition) is 4. The summed E-state index contributed by atoms with van der Waals surface area (Å²) in [6, 6.07) is 16.9. The van der Waals surface area contributed by atoms with E-state index < -0.39 is 0 Å².